The summed E-state index contributed by atoms with van der Waals surface area (Å²) in [6.45, 7) is 5.57. The molecule has 5 nitrogen and oxygen atoms in total. The normalized spacial score (nSPS) is 10.7. The van der Waals surface area contributed by atoms with Crippen molar-refractivity contribution in [1.29, 1.82) is 0 Å². The number of benzene rings is 3. The molecule has 3 aromatic carbocycles. The Bertz CT molecular complexity index is 1220. The Kier molecular flexibility index (Phi) is 8.52. The highest BCUT2D eigenvalue weighted by Crippen LogP contribution is 2.30. The van der Waals surface area contributed by atoms with Gasteiger partial charge in [-0.2, -0.15) is 0 Å². The summed E-state index contributed by atoms with van der Waals surface area (Å²) in [5.41, 5.74) is 5.57. The monoisotopic (exact) mass is 486 g/mol. The van der Waals surface area contributed by atoms with Gasteiger partial charge in [-0.25, -0.2) is 4.98 Å². The molecule has 0 amide bonds. The molecule has 0 radical (unpaired) electrons. The van der Waals surface area contributed by atoms with Crippen LogP contribution in [-0.2, 0) is 29.1 Å². The first kappa shape index (κ1) is 24.5. The lowest BCUT2D eigenvalue weighted by atomic mass is 10.1. The summed E-state index contributed by atoms with van der Waals surface area (Å²) < 4.78 is 10.9. The fourth-order valence-electron chi connectivity index (χ4n) is 3.67. The molecule has 0 saturated carbocycles. The van der Waals surface area contributed by atoms with Crippen LogP contribution in [0.3, 0.4) is 0 Å². The third-order valence-electron chi connectivity index (χ3n) is 5.56. The lowest BCUT2D eigenvalue weighted by Gasteiger charge is -2.09. The first-order valence-electron chi connectivity index (χ1n) is 11.8. The lowest BCUT2D eigenvalue weighted by molar-refractivity contribution is -0.143. The van der Waals surface area contributed by atoms with E-state index in [4.69, 9.17) is 14.5 Å². The molecule has 1 heterocycles. The first-order chi connectivity index (χ1) is 17.1. The van der Waals surface area contributed by atoms with Crippen LogP contribution < -0.4 is 10.1 Å². The van der Waals surface area contributed by atoms with Crippen LogP contribution in [-0.4, -0.2) is 17.6 Å². The van der Waals surface area contributed by atoms with Gasteiger partial charge in [-0.15, -0.1) is 11.3 Å². The van der Waals surface area contributed by atoms with Gasteiger partial charge in [-0.1, -0.05) is 66.7 Å². The quantitative estimate of drug-likeness (QED) is 0.236. The van der Waals surface area contributed by atoms with Crippen molar-refractivity contribution in [3.05, 3.63) is 100 Å². The SMILES string of the molecule is CCOC(=O)CCc1ccc(OCc2ccc(CNc3nc(-c4ccccc4)c(C)s3)cc2)cc1. The number of carbonyl (C=O) groups excluding carboxylic acids is 1. The maximum atomic E-state index is 11.5. The van der Waals surface area contributed by atoms with Gasteiger partial charge in [0.15, 0.2) is 5.13 Å². The number of nitrogens with one attached hydrogen (secondary N) is 1. The number of esters is 1. The fraction of sp³-hybridized carbons (Fsp3) is 0.241. The lowest BCUT2D eigenvalue weighted by Crippen LogP contribution is -2.05. The first-order valence-corrected chi connectivity index (χ1v) is 12.6. The maximum Gasteiger partial charge on any atom is 0.306 e. The molecule has 0 saturated heterocycles. The van der Waals surface area contributed by atoms with Crippen LogP contribution in [0.2, 0.25) is 0 Å². The Morgan fingerprint density at radius 2 is 1.60 bits per heavy atom. The predicted molar refractivity (Wildman–Crippen MR) is 142 cm³/mol. The number of anilines is 1. The number of thiazole rings is 1. The summed E-state index contributed by atoms with van der Waals surface area (Å²) >= 11 is 1.68. The Hall–Kier alpha value is -3.64. The molecule has 6 heteroatoms. The highest BCUT2D eigenvalue weighted by Gasteiger charge is 2.09. The topological polar surface area (TPSA) is 60.5 Å². The van der Waals surface area contributed by atoms with Crippen LogP contribution in [0, 0.1) is 6.92 Å². The third kappa shape index (κ3) is 7.17. The largest absolute Gasteiger partial charge is 0.489 e. The van der Waals surface area contributed by atoms with E-state index in [0.717, 1.165) is 39.8 Å². The summed E-state index contributed by atoms with van der Waals surface area (Å²) in [5, 5.41) is 4.38. The molecule has 4 rings (SSSR count). The van der Waals surface area contributed by atoms with E-state index >= 15 is 0 Å². The van der Waals surface area contributed by atoms with E-state index in [1.165, 1.54) is 10.4 Å². The number of rotatable bonds is 11. The van der Waals surface area contributed by atoms with Crippen LogP contribution >= 0.6 is 11.3 Å². The molecule has 0 fully saturated rings. The molecule has 35 heavy (non-hydrogen) atoms. The van der Waals surface area contributed by atoms with Gasteiger partial charge in [-0.3, -0.25) is 4.79 Å². The maximum absolute atomic E-state index is 11.5. The van der Waals surface area contributed by atoms with Crippen molar-refractivity contribution in [2.75, 3.05) is 11.9 Å². The average molecular weight is 487 g/mol. The zero-order chi connectivity index (χ0) is 24.5. The van der Waals surface area contributed by atoms with Crippen LogP contribution in [0.1, 0.15) is 34.9 Å². The van der Waals surface area contributed by atoms with Crippen molar-refractivity contribution >= 4 is 22.4 Å². The van der Waals surface area contributed by atoms with Gasteiger partial charge >= 0.3 is 5.97 Å². The summed E-state index contributed by atoms with van der Waals surface area (Å²) in [6, 6.07) is 26.6. The van der Waals surface area contributed by atoms with E-state index in [0.29, 0.717) is 26.1 Å². The van der Waals surface area contributed by atoms with Crippen molar-refractivity contribution in [2.24, 2.45) is 0 Å². The van der Waals surface area contributed by atoms with Gasteiger partial charge in [0, 0.05) is 23.4 Å². The fourth-order valence-corrected chi connectivity index (χ4v) is 4.50. The van der Waals surface area contributed by atoms with Crippen LogP contribution in [0.25, 0.3) is 11.3 Å². The van der Waals surface area contributed by atoms with E-state index in [2.05, 4.69) is 48.6 Å². The molecule has 0 aliphatic heterocycles. The van der Waals surface area contributed by atoms with Crippen molar-refractivity contribution in [1.82, 2.24) is 4.98 Å². The molecule has 0 aliphatic carbocycles. The number of nitrogens with zero attached hydrogens (tertiary/aromatic N) is 1. The molecule has 180 valence electrons. The van der Waals surface area contributed by atoms with Crippen LogP contribution in [0.15, 0.2) is 78.9 Å². The van der Waals surface area contributed by atoms with E-state index in [-0.39, 0.29) is 5.97 Å². The zero-order valence-electron chi connectivity index (χ0n) is 20.1. The molecular weight excluding hydrogens is 456 g/mol. The van der Waals surface area contributed by atoms with Crippen molar-refractivity contribution in [3.8, 4) is 17.0 Å². The predicted octanol–water partition coefficient (Wildman–Crippen LogP) is 6.81. The second kappa shape index (κ2) is 12.2. The Labute approximate surface area is 210 Å². The van der Waals surface area contributed by atoms with E-state index < -0.39 is 0 Å². The molecule has 4 aromatic rings. The van der Waals surface area contributed by atoms with Gasteiger partial charge < -0.3 is 14.8 Å². The Balaban J connectivity index is 1.24. The second-order valence-electron chi connectivity index (χ2n) is 8.20. The van der Waals surface area contributed by atoms with Gasteiger partial charge in [0.2, 0.25) is 0 Å². The molecule has 0 unspecified atom stereocenters. The second-order valence-corrected chi connectivity index (χ2v) is 9.40. The molecule has 0 atom stereocenters. The number of carbonyl (C=O) groups is 1. The third-order valence-corrected chi connectivity index (χ3v) is 6.49. The van der Waals surface area contributed by atoms with Gasteiger partial charge in [-0.05, 0) is 49.1 Å². The van der Waals surface area contributed by atoms with Crippen LogP contribution in [0.5, 0.6) is 5.75 Å². The highest BCUT2D eigenvalue weighted by molar-refractivity contribution is 7.16. The van der Waals surface area contributed by atoms with Gasteiger partial charge in [0.1, 0.15) is 12.4 Å². The van der Waals surface area contributed by atoms with Crippen molar-refractivity contribution in [2.45, 2.75) is 39.8 Å². The summed E-state index contributed by atoms with van der Waals surface area (Å²) in [5.74, 6) is 0.647. The van der Waals surface area contributed by atoms with E-state index in [9.17, 15) is 4.79 Å². The van der Waals surface area contributed by atoms with Gasteiger partial charge in [0.05, 0.1) is 12.3 Å². The van der Waals surface area contributed by atoms with Gasteiger partial charge in [0.25, 0.3) is 0 Å². The highest BCUT2D eigenvalue weighted by atomic mass is 32.1. The van der Waals surface area contributed by atoms with E-state index in [1.807, 2.05) is 49.4 Å². The number of hydrogen-bond acceptors (Lipinski definition) is 6. The minimum Gasteiger partial charge on any atom is -0.489 e. The Morgan fingerprint density at radius 3 is 2.31 bits per heavy atom. The molecule has 1 N–H and O–H groups in total. The molecule has 0 bridgehead atoms. The smallest absolute Gasteiger partial charge is 0.306 e. The Morgan fingerprint density at radius 1 is 0.914 bits per heavy atom. The summed E-state index contributed by atoms with van der Waals surface area (Å²) in [4.78, 5) is 17.5. The van der Waals surface area contributed by atoms with Crippen molar-refractivity contribution < 1.29 is 14.3 Å². The summed E-state index contributed by atoms with van der Waals surface area (Å²) in [6.07, 6.45) is 1.06. The van der Waals surface area contributed by atoms with Crippen molar-refractivity contribution in [3.63, 3.8) is 0 Å². The average Bonchev–Trinajstić information content (AvgIpc) is 3.27. The molecular formula is C29H30N2O3S. The number of ether oxygens (including phenoxy) is 2. The standard InChI is InChI=1S/C29H30N2O3S/c1-3-33-27(32)18-15-22-13-16-26(17-14-22)34-20-24-11-9-23(10-12-24)19-30-29-31-28(21(2)35-29)25-7-5-4-6-8-25/h4-14,16-17H,3,15,18-20H2,1-2H3,(H,30,31). The minimum atomic E-state index is -0.162. The number of aryl methyl sites for hydroxylation is 2. The molecule has 0 spiro atoms. The molecule has 1 aromatic heterocycles. The minimum absolute atomic E-state index is 0.162. The summed E-state index contributed by atoms with van der Waals surface area (Å²) in [7, 11) is 0. The number of hydrogen-bond donors (Lipinski definition) is 1. The van der Waals surface area contributed by atoms with Crippen LogP contribution in [0.4, 0.5) is 5.13 Å². The van der Waals surface area contributed by atoms with E-state index in [1.54, 1.807) is 11.3 Å². The number of aromatic nitrogens is 1. The molecule has 0 aliphatic rings. The zero-order valence-corrected chi connectivity index (χ0v) is 20.9.